The fourth-order valence-electron chi connectivity index (χ4n) is 2.43. The summed E-state index contributed by atoms with van der Waals surface area (Å²) in [6.45, 7) is 3.51. The zero-order chi connectivity index (χ0) is 14.8. The lowest BCUT2D eigenvalue weighted by Gasteiger charge is -2.31. The van der Waals surface area contributed by atoms with Crippen molar-refractivity contribution in [2.75, 3.05) is 31.1 Å². The summed E-state index contributed by atoms with van der Waals surface area (Å²) < 4.78 is 0. The molecule has 2 aliphatic rings. The van der Waals surface area contributed by atoms with Gasteiger partial charge in [0.25, 0.3) is 11.1 Å². The first-order valence-electron chi connectivity index (χ1n) is 6.64. The van der Waals surface area contributed by atoms with Crippen LogP contribution < -0.4 is 15.5 Å². The van der Waals surface area contributed by atoms with Gasteiger partial charge in [-0.2, -0.15) is 0 Å². The first-order chi connectivity index (χ1) is 10.1. The van der Waals surface area contributed by atoms with Crippen molar-refractivity contribution in [3.05, 3.63) is 33.7 Å². The third-order valence-electron chi connectivity index (χ3n) is 3.38. The average Bonchev–Trinajstić information content (AvgIpc) is 2.78. The minimum Gasteiger partial charge on any atom is -0.367 e. The highest BCUT2D eigenvalue weighted by atomic mass is 35.5. The number of halogens is 1. The van der Waals surface area contributed by atoms with E-state index in [9.17, 15) is 9.59 Å². The maximum Gasteiger partial charge on any atom is 0.290 e. The van der Waals surface area contributed by atoms with Gasteiger partial charge < -0.3 is 10.2 Å². The lowest BCUT2D eigenvalue weighted by molar-refractivity contribution is -0.115. The lowest BCUT2D eigenvalue weighted by atomic mass is 10.1. The van der Waals surface area contributed by atoms with Gasteiger partial charge in [0.1, 0.15) is 0 Å². The zero-order valence-electron chi connectivity index (χ0n) is 11.2. The van der Waals surface area contributed by atoms with Crippen LogP contribution in [0.5, 0.6) is 0 Å². The molecular weight excluding hydrogens is 310 g/mol. The van der Waals surface area contributed by atoms with E-state index in [0.29, 0.717) is 9.93 Å². The van der Waals surface area contributed by atoms with Crippen LogP contribution in [-0.2, 0) is 4.79 Å². The smallest absolute Gasteiger partial charge is 0.290 e. The quantitative estimate of drug-likeness (QED) is 0.816. The molecule has 110 valence electrons. The maximum absolute atomic E-state index is 11.7. The third-order valence-corrected chi connectivity index (χ3v) is 4.50. The minimum absolute atomic E-state index is 0.336. The molecule has 7 heteroatoms. The summed E-state index contributed by atoms with van der Waals surface area (Å²) in [7, 11) is 0. The molecule has 3 rings (SSSR count). The van der Waals surface area contributed by atoms with Crippen molar-refractivity contribution in [1.29, 1.82) is 0 Å². The summed E-state index contributed by atoms with van der Waals surface area (Å²) in [4.78, 5) is 25.5. The average molecular weight is 324 g/mol. The summed E-state index contributed by atoms with van der Waals surface area (Å²) in [5.74, 6) is -0.351. The van der Waals surface area contributed by atoms with Crippen LogP contribution in [0, 0.1) is 0 Å². The van der Waals surface area contributed by atoms with E-state index in [1.807, 2.05) is 18.2 Å². The van der Waals surface area contributed by atoms with Crippen LogP contribution in [0.4, 0.5) is 10.5 Å². The first-order valence-corrected chi connectivity index (χ1v) is 7.83. The molecule has 0 radical (unpaired) electrons. The van der Waals surface area contributed by atoms with E-state index in [4.69, 9.17) is 11.6 Å². The number of nitrogens with zero attached hydrogens (tertiary/aromatic N) is 1. The van der Waals surface area contributed by atoms with E-state index >= 15 is 0 Å². The number of nitrogens with one attached hydrogen (secondary N) is 2. The number of para-hydroxylation sites is 1. The number of hydrogen-bond acceptors (Lipinski definition) is 5. The highest BCUT2D eigenvalue weighted by Crippen LogP contribution is 2.34. The number of carbonyl (C=O) groups is 2. The normalized spacial score (nSPS) is 21.0. The van der Waals surface area contributed by atoms with E-state index in [1.54, 1.807) is 6.08 Å². The van der Waals surface area contributed by atoms with Crippen molar-refractivity contribution >= 4 is 46.3 Å². The number of imide groups is 1. The predicted molar refractivity (Wildman–Crippen MR) is 85.6 cm³/mol. The van der Waals surface area contributed by atoms with Crippen LogP contribution >= 0.6 is 23.4 Å². The Morgan fingerprint density at radius 3 is 2.67 bits per heavy atom. The Balaban J connectivity index is 1.98. The molecule has 2 fully saturated rings. The molecule has 5 nitrogen and oxygen atoms in total. The molecule has 0 saturated carbocycles. The van der Waals surface area contributed by atoms with Gasteiger partial charge in [0, 0.05) is 31.7 Å². The van der Waals surface area contributed by atoms with Gasteiger partial charge in [0.15, 0.2) is 0 Å². The van der Waals surface area contributed by atoms with Crippen molar-refractivity contribution in [3.8, 4) is 0 Å². The first kappa shape index (κ1) is 14.4. The number of amides is 2. The Labute approximate surface area is 131 Å². The molecule has 1 aromatic carbocycles. The highest BCUT2D eigenvalue weighted by Gasteiger charge is 2.26. The molecule has 2 saturated heterocycles. The van der Waals surface area contributed by atoms with Gasteiger partial charge in [0.05, 0.1) is 15.6 Å². The fourth-order valence-corrected chi connectivity index (χ4v) is 3.41. The molecule has 2 amide bonds. The van der Waals surface area contributed by atoms with Gasteiger partial charge in [-0.3, -0.25) is 14.9 Å². The Bertz CT molecular complexity index is 627. The number of benzene rings is 1. The second-order valence-electron chi connectivity index (χ2n) is 4.77. The van der Waals surface area contributed by atoms with Gasteiger partial charge in [0.2, 0.25) is 0 Å². The van der Waals surface area contributed by atoms with Crippen molar-refractivity contribution in [1.82, 2.24) is 10.6 Å². The Hall–Kier alpha value is -1.50. The topological polar surface area (TPSA) is 61.4 Å². The SMILES string of the molecule is O=C1NC(=O)C(=Cc2cccc(Cl)c2N2CCNCC2)S1. The minimum atomic E-state index is -0.351. The van der Waals surface area contributed by atoms with Gasteiger partial charge in [-0.15, -0.1) is 0 Å². The van der Waals surface area contributed by atoms with Crippen molar-refractivity contribution < 1.29 is 9.59 Å². The molecule has 0 unspecified atom stereocenters. The monoisotopic (exact) mass is 323 g/mol. The largest absolute Gasteiger partial charge is 0.367 e. The number of thioether (sulfide) groups is 1. The summed E-state index contributed by atoms with van der Waals surface area (Å²) >= 11 is 7.26. The summed E-state index contributed by atoms with van der Waals surface area (Å²) in [6.07, 6.45) is 1.73. The molecular formula is C14H14ClN3O2S. The molecule has 0 aliphatic carbocycles. The summed E-state index contributed by atoms with van der Waals surface area (Å²) in [5.41, 5.74) is 1.78. The van der Waals surface area contributed by atoms with E-state index in [-0.39, 0.29) is 11.1 Å². The standard InChI is InChI=1S/C14H14ClN3O2S/c15-10-3-1-2-9(8-11-13(19)17-14(20)21-11)12(10)18-6-4-16-5-7-18/h1-3,8,16H,4-7H2,(H,17,19,20). The zero-order valence-corrected chi connectivity index (χ0v) is 12.8. The molecule has 2 aliphatic heterocycles. The fraction of sp³-hybridized carbons (Fsp3) is 0.286. The van der Waals surface area contributed by atoms with Gasteiger partial charge >= 0.3 is 0 Å². The molecule has 2 N–H and O–H groups in total. The van der Waals surface area contributed by atoms with Crippen LogP contribution in [0.25, 0.3) is 6.08 Å². The molecule has 21 heavy (non-hydrogen) atoms. The number of rotatable bonds is 2. The molecule has 0 bridgehead atoms. The second kappa shape index (κ2) is 6.09. The van der Waals surface area contributed by atoms with Crippen LogP contribution in [0.15, 0.2) is 23.1 Å². The van der Waals surface area contributed by atoms with Crippen molar-refractivity contribution in [3.63, 3.8) is 0 Å². The third kappa shape index (κ3) is 3.07. The Morgan fingerprint density at radius 1 is 1.24 bits per heavy atom. The molecule has 0 atom stereocenters. The molecule has 2 heterocycles. The molecule has 0 aromatic heterocycles. The van der Waals surface area contributed by atoms with E-state index in [0.717, 1.165) is 49.2 Å². The van der Waals surface area contributed by atoms with Gasteiger partial charge in [-0.1, -0.05) is 23.7 Å². The van der Waals surface area contributed by atoms with Crippen molar-refractivity contribution in [2.45, 2.75) is 0 Å². The van der Waals surface area contributed by atoms with E-state index in [1.165, 1.54) is 0 Å². The number of carbonyl (C=O) groups excluding carboxylic acids is 2. The molecule has 1 aromatic rings. The second-order valence-corrected chi connectivity index (χ2v) is 6.19. The van der Waals surface area contributed by atoms with Crippen molar-refractivity contribution in [2.24, 2.45) is 0 Å². The van der Waals surface area contributed by atoms with Gasteiger partial charge in [-0.05, 0) is 23.9 Å². The maximum atomic E-state index is 11.7. The van der Waals surface area contributed by atoms with Crippen LogP contribution in [-0.4, -0.2) is 37.3 Å². The predicted octanol–water partition coefficient (Wildman–Crippen LogP) is 2.07. The number of piperazine rings is 1. The van der Waals surface area contributed by atoms with E-state index in [2.05, 4.69) is 15.5 Å². The van der Waals surface area contributed by atoms with E-state index < -0.39 is 0 Å². The number of anilines is 1. The molecule has 0 spiro atoms. The highest BCUT2D eigenvalue weighted by molar-refractivity contribution is 8.18. The number of hydrogen-bond donors (Lipinski definition) is 2. The summed E-state index contributed by atoms with van der Waals surface area (Å²) in [6, 6.07) is 5.60. The van der Waals surface area contributed by atoms with Crippen LogP contribution in [0.1, 0.15) is 5.56 Å². The van der Waals surface area contributed by atoms with Crippen LogP contribution in [0.2, 0.25) is 5.02 Å². The Kier molecular flexibility index (Phi) is 4.19. The van der Waals surface area contributed by atoms with Gasteiger partial charge in [-0.25, -0.2) is 0 Å². The summed E-state index contributed by atoms with van der Waals surface area (Å²) in [5, 5.41) is 5.87. The lowest BCUT2D eigenvalue weighted by Crippen LogP contribution is -2.43. The van der Waals surface area contributed by atoms with Crippen LogP contribution in [0.3, 0.4) is 0 Å². The Morgan fingerprint density at radius 2 is 2.00 bits per heavy atom.